The summed E-state index contributed by atoms with van der Waals surface area (Å²) in [6.07, 6.45) is 2.19. The van der Waals surface area contributed by atoms with Crippen molar-refractivity contribution in [3.63, 3.8) is 0 Å². The Bertz CT molecular complexity index is 821. The van der Waals surface area contributed by atoms with Crippen LogP contribution >= 0.6 is 0 Å². The van der Waals surface area contributed by atoms with Crippen LogP contribution in [0, 0.1) is 13.8 Å². The van der Waals surface area contributed by atoms with Crippen molar-refractivity contribution in [1.29, 1.82) is 0 Å². The van der Waals surface area contributed by atoms with Crippen molar-refractivity contribution >= 4 is 0 Å². The normalized spacial score (nSPS) is 11.5. The van der Waals surface area contributed by atoms with E-state index in [1.807, 2.05) is 0 Å². The lowest BCUT2D eigenvalue weighted by molar-refractivity contribution is 0.640. The number of hydrogen-bond acceptors (Lipinski definition) is 0. The summed E-state index contributed by atoms with van der Waals surface area (Å²) in [6.45, 7) is 8.91. The van der Waals surface area contributed by atoms with Crippen molar-refractivity contribution in [3.05, 3.63) is 106 Å². The predicted octanol–water partition coefficient (Wildman–Crippen LogP) is 6.41. The van der Waals surface area contributed by atoms with Gasteiger partial charge in [-0.2, -0.15) is 0 Å². The lowest BCUT2D eigenvalue weighted by Gasteiger charge is -2.26. The molecule has 0 N–H and O–H groups in total. The Balaban J connectivity index is 1.72. The maximum absolute atomic E-state index is 2.30. The van der Waals surface area contributed by atoms with Crippen LogP contribution in [0.25, 0.3) is 0 Å². The van der Waals surface area contributed by atoms with E-state index in [9.17, 15) is 0 Å². The second kappa shape index (κ2) is 7.27. The first kappa shape index (κ1) is 17.5. The van der Waals surface area contributed by atoms with Crippen LogP contribution in [0.3, 0.4) is 0 Å². The molecule has 3 aromatic carbocycles. The van der Waals surface area contributed by atoms with Crippen LogP contribution < -0.4 is 0 Å². The van der Waals surface area contributed by atoms with Crippen molar-refractivity contribution < 1.29 is 0 Å². The molecule has 0 heteroatoms. The summed E-state index contributed by atoms with van der Waals surface area (Å²) in [7, 11) is 0. The van der Waals surface area contributed by atoms with Gasteiger partial charge in [-0.15, -0.1) is 0 Å². The molecule has 0 nitrogen and oxygen atoms in total. The van der Waals surface area contributed by atoms with Gasteiger partial charge in [-0.25, -0.2) is 0 Å². The minimum atomic E-state index is 0.0305. The van der Waals surface area contributed by atoms with Crippen LogP contribution in [0.15, 0.2) is 72.8 Å². The Hall–Kier alpha value is -2.34. The van der Waals surface area contributed by atoms with Crippen molar-refractivity contribution in [2.75, 3.05) is 0 Å². The van der Waals surface area contributed by atoms with E-state index in [2.05, 4.69) is 100 Å². The highest BCUT2D eigenvalue weighted by molar-refractivity contribution is 5.39. The second-order valence-corrected chi connectivity index (χ2v) is 7.68. The lowest BCUT2D eigenvalue weighted by Crippen LogP contribution is -2.18. The van der Waals surface area contributed by atoms with Crippen molar-refractivity contribution in [2.45, 2.75) is 46.0 Å². The van der Waals surface area contributed by atoms with E-state index in [1.54, 1.807) is 0 Å². The third-order valence-corrected chi connectivity index (χ3v) is 5.23. The molecule has 3 rings (SSSR count). The summed E-state index contributed by atoms with van der Waals surface area (Å²) < 4.78 is 0. The van der Waals surface area contributed by atoms with Crippen molar-refractivity contribution in [3.8, 4) is 0 Å². The van der Waals surface area contributed by atoms with Crippen LogP contribution in [0.1, 0.15) is 47.2 Å². The summed E-state index contributed by atoms with van der Waals surface area (Å²) >= 11 is 0. The predicted molar refractivity (Wildman–Crippen MR) is 108 cm³/mol. The van der Waals surface area contributed by atoms with Crippen LogP contribution in [0.4, 0.5) is 0 Å². The van der Waals surface area contributed by atoms with Gasteiger partial charge in [0.25, 0.3) is 0 Å². The minimum Gasteiger partial charge on any atom is -0.0617 e. The first-order chi connectivity index (χ1) is 11.9. The van der Waals surface area contributed by atoms with Crippen molar-refractivity contribution in [2.24, 2.45) is 0 Å². The van der Waals surface area contributed by atoms with Gasteiger partial charge in [-0.3, -0.25) is 0 Å². The Kier molecular flexibility index (Phi) is 5.08. The molecule has 3 aromatic rings. The van der Waals surface area contributed by atoms with Gasteiger partial charge in [-0.1, -0.05) is 97.8 Å². The van der Waals surface area contributed by atoms with Gasteiger partial charge in [0.05, 0.1) is 0 Å². The summed E-state index contributed by atoms with van der Waals surface area (Å²) in [5.74, 6) is 0. The molecule has 0 bridgehead atoms. The fourth-order valence-electron chi connectivity index (χ4n) is 3.38. The van der Waals surface area contributed by atoms with E-state index in [1.165, 1.54) is 33.4 Å². The molecule has 0 saturated heterocycles. The molecule has 0 saturated carbocycles. The molecule has 25 heavy (non-hydrogen) atoms. The third kappa shape index (κ3) is 4.20. The average molecular weight is 328 g/mol. The fourth-order valence-corrected chi connectivity index (χ4v) is 3.38. The second-order valence-electron chi connectivity index (χ2n) is 7.68. The molecule has 0 amide bonds. The van der Waals surface area contributed by atoms with Crippen LogP contribution in [-0.4, -0.2) is 0 Å². The first-order valence-electron chi connectivity index (χ1n) is 9.17. The molecule has 0 aromatic heterocycles. The highest BCUT2D eigenvalue weighted by Crippen LogP contribution is 2.31. The molecule has 0 aliphatic heterocycles. The maximum Gasteiger partial charge on any atom is 0.0146 e. The quantitative estimate of drug-likeness (QED) is 0.507. The van der Waals surface area contributed by atoms with Gasteiger partial charge < -0.3 is 0 Å². The molecule has 0 aliphatic carbocycles. The molecule has 0 atom stereocenters. The molecule has 0 spiro atoms. The zero-order valence-electron chi connectivity index (χ0n) is 15.8. The zero-order chi connectivity index (χ0) is 17.9. The Morgan fingerprint density at radius 3 is 1.76 bits per heavy atom. The molecule has 0 fully saturated rings. The smallest absolute Gasteiger partial charge is 0.0146 e. The number of hydrogen-bond donors (Lipinski definition) is 0. The number of aryl methyl sites for hydroxylation is 4. The molecular formula is C25H28. The largest absolute Gasteiger partial charge is 0.0617 e. The average Bonchev–Trinajstić information content (AvgIpc) is 2.61. The maximum atomic E-state index is 2.30. The lowest BCUT2D eigenvalue weighted by atomic mass is 9.77. The summed E-state index contributed by atoms with van der Waals surface area (Å²) in [6, 6.07) is 26.9. The van der Waals surface area contributed by atoms with E-state index in [0.29, 0.717) is 0 Å². The van der Waals surface area contributed by atoms with E-state index >= 15 is 0 Å². The monoisotopic (exact) mass is 328 g/mol. The fraction of sp³-hybridized carbons (Fsp3) is 0.280. The van der Waals surface area contributed by atoms with Gasteiger partial charge in [-0.05, 0) is 48.9 Å². The highest BCUT2D eigenvalue weighted by atomic mass is 14.3. The molecular weight excluding hydrogens is 300 g/mol. The van der Waals surface area contributed by atoms with Gasteiger partial charge in [0.15, 0.2) is 0 Å². The Morgan fingerprint density at radius 2 is 1.16 bits per heavy atom. The Morgan fingerprint density at radius 1 is 0.600 bits per heavy atom. The van der Waals surface area contributed by atoms with Crippen molar-refractivity contribution in [1.82, 2.24) is 0 Å². The molecule has 0 radical (unpaired) electrons. The SMILES string of the molecule is Cc1ccc(C(C)(C)c2ccc(CCc3cccc(C)c3)cc2)cc1. The molecule has 0 unspecified atom stereocenters. The van der Waals surface area contributed by atoms with Crippen LogP contribution in [0.2, 0.25) is 0 Å². The number of rotatable bonds is 5. The topological polar surface area (TPSA) is 0 Å². The first-order valence-corrected chi connectivity index (χ1v) is 9.17. The van der Waals surface area contributed by atoms with Crippen LogP contribution in [0.5, 0.6) is 0 Å². The molecule has 128 valence electrons. The summed E-state index contributed by atoms with van der Waals surface area (Å²) in [5.41, 5.74) is 8.25. The minimum absolute atomic E-state index is 0.0305. The molecule has 0 heterocycles. The summed E-state index contributed by atoms with van der Waals surface area (Å²) in [4.78, 5) is 0. The molecule has 0 aliphatic rings. The van der Waals surface area contributed by atoms with E-state index < -0.39 is 0 Å². The zero-order valence-corrected chi connectivity index (χ0v) is 15.8. The van der Waals surface area contributed by atoms with E-state index in [4.69, 9.17) is 0 Å². The van der Waals surface area contributed by atoms with E-state index in [0.717, 1.165) is 12.8 Å². The highest BCUT2D eigenvalue weighted by Gasteiger charge is 2.22. The van der Waals surface area contributed by atoms with Gasteiger partial charge in [0, 0.05) is 5.41 Å². The van der Waals surface area contributed by atoms with E-state index in [-0.39, 0.29) is 5.41 Å². The summed E-state index contributed by atoms with van der Waals surface area (Å²) in [5, 5.41) is 0. The van der Waals surface area contributed by atoms with Gasteiger partial charge in [0.2, 0.25) is 0 Å². The standard InChI is InChI=1S/C25H28/c1-19-8-14-23(15-9-19)25(3,4)24-16-12-21(13-17-24)10-11-22-7-5-6-20(2)18-22/h5-9,12-18H,10-11H2,1-4H3. The van der Waals surface area contributed by atoms with Gasteiger partial charge >= 0.3 is 0 Å². The number of benzene rings is 3. The van der Waals surface area contributed by atoms with Crippen LogP contribution in [-0.2, 0) is 18.3 Å². The van der Waals surface area contributed by atoms with Gasteiger partial charge in [0.1, 0.15) is 0 Å². The third-order valence-electron chi connectivity index (χ3n) is 5.23. The Labute approximate surface area is 152 Å².